The lowest BCUT2D eigenvalue weighted by Crippen LogP contribution is -2.48. The van der Waals surface area contributed by atoms with Crippen LogP contribution in [-0.4, -0.2) is 30.8 Å². The van der Waals surface area contributed by atoms with Crippen LogP contribution in [0.4, 0.5) is 0 Å². The van der Waals surface area contributed by atoms with Gasteiger partial charge in [0, 0.05) is 16.0 Å². The lowest BCUT2D eigenvalue weighted by atomic mass is 9.95. The second-order valence-electron chi connectivity index (χ2n) is 5.01. The van der Waals surface area contributed by atoms with Gasteiger partial charge in [0.15, 0.2) is 0 Å². The van der Waals surface area contributed by atoms with Crippen LogP contribution in [0.25, 0.3) is 0 Å². The van der Waals surface area contributed by atoms with Crippen molar-refractivity contribution in [2.75, 3.05) is 18.8 Å². The second kappa shape index (κ2) is 9.11. The number of carbonyl (C=O) groups is 1. The van der Waals surface area contributed by atoms with Crippen molar-refractivity contribution in [2.24, 2.45) is 5.92 Å². The predicted octanol–water partition coefficient (Wildman–Crippen LogP) is 3.62. The van der Waals surface area contributed by atoms with Gasteiger partial charge in [-0.25, -0.2) is 0 Å². The first kappa shape index (κ1) is 18.9. The number of hydrogen-bond acceptors (Lipinski definition) is 3. The predicted molar refractivity (Wildman–Crippen MR) is 93.0 cm³/mol. The van der Waals surface area contributed by atoms with Gasteiger partial charge in [-0.2, -0.15) is 0 Å². The Kier molecular flexibility index (Phi) is 8.21. The lowest BCUT2D eigenvalue weighted by molar-refractivity contribution is -0.119. The monoisotopic (exact) mass is 368 g/mol. The molecule has 1 heterocycles. The van der Waals surface area contributed by atoms with Gasteiger partial charge in [-0.1, -0.05) is 30.1 Å². The summed E-state index contributed by atoms with van der Waals surface area (Å²) in [4.78, 5) is 12.8. The first-order chi connectivity index (χ1) is 9.56. The van der Waals surface area contributed by atoms with Crippen LogP contribution < -0.4 is 10.6 Å². The van der Waals surface area contributed by atoms with Crippen LogP contribution in [0, 0.1) is 5.92 Å². The number of benzene rings is 1. The summed E-state index contributed by atoms with van der Waals surface area (Å²) in [6.45, 7) is 4.07. The minimum atomic E-state index is 0. The van der Waals surface area contributed by atoms with E-state index in [9.17, 15) is 4.79 Å². The van der Waals surface area contributed by atoms with Gasteiger partial charge in [-0.3, -0.25) is 4.79 Å². The Balaban J connectivity index is 0.00000220. The van der Waals surface area contributed by atoms with Crippen molar-refractivity contribution in [3.05, 3.63) is 28.2 Å². The van der Waals surface area contributed by atoms with E-state index in [1.54, 1.807) is 18.2 Å². The molecular formula is C14H19Cl3N2OS. The molecule has 118 valence electrons. The smallest absolute Gasteiger partial charge is 0.230 e. The lowest BCUT2D eigenvalue weighted by Gasteiger charge is -2.30. The van der Waals surface area contributed by atoms with E-state index < -0.39 is 0 Å². The van der Waals surface area contributed by atoms with Crippen LogP contribution in [0.1, 0.15) is 13.3 Å². The van der Waals surface area contributed by atoms with Crippen molar-refractivity contribution in [2.45, 2.75) is 24.3 Å². The van der Waals surface area contributed by atoms with Crippen LogP contribution in [0.3, 0.4) is 0 Å². The number of thioether (sulfide) groups is 1. The second-order valence-corrected chi connectivity index (χ2v) is 6.87. The summed E-state index contributed by atoms with van der Waals surface area (Å²) in [7, 11) is 0. The molecule has 0 saturated carbocycles. The van der Waals surface area contributed by atoms with Crippen LogP contribution in [0.2, 0.25) is 10.0 Å². The van der Waals surface area contributed by atoms with Crippen LogP contribution in [0.15, 0.2) is 23.1 Å². The molecular weight excluding hydrogens is 351 g/mol. The third kappa shape index (κ3) is 5.87. The van der Waals surface area contributed by atoms with Crippen molar-refractivity contribution in [1.29, 1.82) is 0 Å². The van der Waals surface area contributed by atoms with E-state index in [0.717, 1.165) is 24.4 Å². The number of amides is 1. The van der Waals surface area contributed by atoms with Gasteiger partial charge in [0.1, 0.15) is 0 Å². The number of piperidine rings is 1. The Morgan fingerprint density at radius 2 is 2.24 bits per heavy atom. The van der Waals surface area contributed by atoms with Gasteiger partial charge in [-0.15, -0.1) is 24.2 Å². The molecule has 2 atom stereocenters. The molecule has 1 aromatic rings. The molecule has 0 aromatic heterocycles. The van der Waals surface area contributed by atoms with Gasteiger partial charge < -0.3 is 10.6 Å². The summed E-state index contributed by atoms with van der Waals surface area (Å²) in [5, 5.41) is 7.67. The number of rotatable bonds is 4. The van der Waals surface area contributed by atoms with E-state index >= 15 is 0 Å². The SMILES string of the molecule is CC1CNCCC1NC(=O)CSc1cc(Cl)ccc1Cl.Cl. The van der Waals surface area contributed by atoms with E-state index in [1.807, 2.05) is 0 Å². The molecule has 1 aromatic carbocycles. The molecule has 1 saturated heterocycles. The molecule has 1 amide bonds. The molecule has 0 radical (unpaired) electrons. The molecule has 1 aliphatic heterocycles. The molecule has 0 bridgehead atoms. The van der Waals surface area contributed by atoms with Crippen molar-refractivity contribution < 1.29 is 4.79 Å². The maximum Gasteiger partial charge on any atom is 0.230 e. The van der Waals surface area contributed by atoms with Crippen LogP contribution >= 0.6 is 47.4 Å². The summed E-state index contributed by atoms with van der Waals surface area (Å²) >= 11 is 13.4. The minimum absolute atomic E-state index is 0. The van der Waals surface area contributed by atoms with Crippen molar-refractivity contribution in [1.82, 2.24) is 10.6 Å². The summed E-state index contributed by atoms with van der Waals surface area (Å²) in [6.07, 6.45) is 0.982. The van der Waals surface area contributed by atoms with E-state index in [-0.39, 0.29) is 24.4 Å². The molecule has 2 rings (SSSR count). The highest BCUT2D eigenvalue weighted by molar-refractivity contribution is 8.00. The summed E-state index contributed by atoms with van der Waals surface area (Å²) in [5.74, 6) is 0.869. The maximum atomic E-state index is 12.0. The van der Waals surface area contributed by atoms with Crippen LogP contribution in [0.5, 0.6) is 0 Å². The highest BCUT2D eigenvalue weighted by Crippen LogP contribution is 2.29. The highest BCUT2D eigenvalue weighted by Gasteiger charge is 2.22. The molecule has 2 N–H and O–H groups in total. The van der Waals surface area contributed by atoms with E-state index in [0.29, 0.717) is 21.7 Å². The highest BCUT2D eigenvalue weighted by atomic mass is 35.5. The number of hydrogen-bond donors (Lipinski definition) is 2. The quantitative estimate of drug-likeness (QED) is 0.796. The standard InChI is InChI=1S/C14H18Cl2N2OS.ClH/c1-9-7-17-5-4-12(9)18-14(19)8-20-13-6-10(15)2-3-11(13)16;/h2-3,6,9,12,17H,4-5,7-8H2,1H3,(H,18,19);1H. The van der Waals surface area contributed by atoms with Crippen molar-refractivity contribution in [3.63, 3.8) is 0 Å². The Bertz CT molecular complexity index is 487. The zero-order valence-corrected chi connectivity index (χ0v) is 14.8. The zero-order valence-electron chi connectivity index (χ0n) is 11.7. The van der Waals surface area contributed by atoms with E-state index in [4.69, 9.17) is 23.2 Å². The van der Waals surface area contributed by atoms with Gasteiger partial charge in [0.2, 0.25) is 5.91 Å². The van der Waals surface area contributed by atoms with E-state index in [2.05, 4.69) is 17.6 Å². The molecule has 2 unspecified atom stereocenters. The number of halogens is 3. The fourth-order valence-corrected chi connectivity index (χ4v) is 3.51. The molecule has 1 fully saturated rings. The number of carbonyl (C=O) groups excluding carboxylic acids is 1. The molecule has 1 aliphatic rings. The first-order valence-corrected chi connectivity index (χ1v) is 8.38. The third-order valence-electron chi connectivity index (χ3n) is 3.38. The Morgan fingerprint density at radius 3 is 2.95 bits per heavy atom. The molecule has 21 heavy (non-hydrogen) atoms. The van der Waals surface area contributed by atoms with Gasteiger partial charge >= 0.3 is 0 Å². The Hall–Kier alpha value is -0.130. The van der Waals surface area contributed by atoms with Crippen molar-refractivity contribution >= 4 is 53.3 Å². The summed E-state index contributed by atoms with van der Waals surface area (Å²) in [5.41, 5.74) is 0. The van der Waals surface area contributed by atoms with E-state index in [1.165, 1.54) is 11.8 Å². The number of nitrogens with one attached hydrogen (secondary N) is 2. The minimum Gasteiger partial charge on any atom is -0.352 e. The van der Waals surface area contributed by atoms with Gasteiger partial charge in [0.25, 0.3) is 0 Å². The largest absolute Gasteiger partial charge is 0.352 e. The Labute approximate surface area is 145 Å². The van der Waals surface area contributed by atoms with Crippen LogP contribution in [-0.2, 0) is 4.79 Å². The topological polar surface area (TPSA) is 41.1 Å². The van der Waals surface area contributed by atoms with Crippen molar-refractivity contribution in [3.8, 4) is 0 Å². The normalized spacial score (nSPS) is 21.5. The van der Waals surface area contributed by atoms with Gasteiger partial charge in [0.05, 0.1) is 10.8 Å². The summed E-state index contributed by atoms with van der Waals surface area (Å²) in [6, 6.07) is 5.54. The fraction of sp³-hybridized carbons (Fsp3) is 0.500. The zero-order chi connectivity index (χ0) is 14.5. The van der Waals surface area contributed by atoms with Gasteiger partial charge in [-0.05, 0) is 43.6 Å². The average Bonchev–Trinajstić information content (AvgIpc) is 2.42. The molecule has 7 heteroatoms. The third-order valence-corrected chi connectivity index (χ3v) is 5.12. The molecule has 0 aliphatic carbocycles. The summed E-state index contributed by atoms with van der Waals surface area (Å²) < 4.78 is 0. The first-order valence-electron chi connectivity index (χ1n) is 6.64. The fourth-order valence-electron chi connectivity index (χ4n) is 2.21. The molecule has 3 nitrogen and oxygen atoms in total. The Morgan fingerprint density at radius 1 is 1.48 bits per heavy atom. The molecule has 0 spiro atoms. The average molecular weight is 370 g/mol. The maximum absolute atomic E-state index is 12.0.